The van der Waals surface area contributed by atoms with E-state index >= 15 is 0 Å². The van der Waals surface area contributed by atoms with Crippen LogP contribution in [0.25, 0.3) is 0 Å². The van der Waals surface area contributed by atoms with E-state index in [2.05, 4.69) is 0 Å². The van der Waals surface area contributed by atoms with Gasteiger partial charge in [-0.1, -0.05) is 12.8 Å². The first-order chi connectivity index (χ1) is 9.58. The minimum atomic E-state index is -2.86. The van der Waals surface area contributed by atoms with Gasteiger partial charge in [0, 0.05) is 5.75 Å². The molecule has 0 aromatic rings. The fourth-order valence-corrected chi connectivity index (χ4v) is 4.38. The van der Waals surface area contributed by atoms with Gasteiger partial charge in [-0.15, -0.1) is 0 Å². The van der Waals surface area contributed by atoms with Gasteiger partial charge in [0.15, 0.2) is 0 Å². The molecule has 0 aromatic carbocycles. The molecule has 20 heavy (non-hydrogen) atoms. The van der Waals surface area contributed by atoms with Gasteiger partial charge < -0.3 is 19.3 Å². The summed E-state index contributed by atoms with van der Waals surface area (Å²) in [6, 6.07) is 0. The molecule has 1 atom stereocenters. The monoisotopic (exact) mass is 328 g/mol. The topological polar surface area (TPSA) is 76.0 Å². The Hall–Kier alpha value is 0.420. The van der Waals surface area contributed by atoms with Crippen LogP contribution in [0.4, 0.5) is 0 Å². The van der Waals surface area contributed by atoms with E-state index in [-0.39, 0.29) is 6.61 Å². The van der Waals surface area contributed by atoms with Gasteiger partial charge in [-0.05, 0) is 32.4 Å². The predicted molar refractivity (Wildman–Crippen MR) is 84.6 cm³/mol. The van der Waals surface area contributed by atoms with Crippen LogP contribution in [0.3, 0.4) is 0 Å². The molecule has 0 aromatic heterocycles. The maximum absolute atomic E-state index is 12.2. The molecule has 0 bridgehead atoms. The normalized spacial score (nSPS) is 13.6. The van der Waals surface area contributed by atoms with Crippen molar-refractivity contribution in [2.75, 3.05) is 37.5 Å². The lowest BCUT2D eigenvalue weighted by Crippen LogP contribution is -2.14. The number of hydrogen-bond donors (Lipinski definition) is 2. The second-order valence-electron chi connectivity index (χ2n) is 4.50. The summed E-state index contributed by atoms with van der Waals surface area (Å²) in [5, 5.41) is 17.8. The summed E-state index contributed by atoms with van der Waals surface area (Å²) < 4.78 is 22.6. The summed E-state index contributed by atoms with van der Waals surface area (Å²) in [6.07, 6.45) is 3.87. The zero-order valence-corrected chi connectivity index (χ0v) is 14.3. The first kappa shape index (κ1) is 20.4. The molecule has 0 radical (unpaired) electrons. The number of rotatable bonds is 14. The van der Waals surface area contributed by atoms with Crippen LogP contribution in [-0.4, -0.2) is 53.8 Å². The summed E-state index contributed by atoms with van der Waals surface area (Å²) in [7, 11) is -2.86. The number of unbranched alkanes of at least 4 members (excludes halogenated alkanes) is 3. The lowest BCUT2D eigenvalue weighted by Gasteiger charge is -2.16. The van der Waals surface area contributed by atoms with Gasteiger partial charge in [-0.2, -0.15) is 11.8 Å². The summed E-state index contributed by atoms with van der Waals surface area (Å²) in [5.41, 5.74) is 0. The van der Waals surface area contributed by atoms with Crippen LogP contribution in [0.1, 0.15) is 39.5 Å². The van der Waals surface area contributed by atoms with Crippen molar-refractivity contribution in [3.63, 3.8) is 0 Å². The van der Waals surface area contributed by atoms with Gasteiger partial charge in [0.1, 0.15) is 0 Å². The molecule has 0 aliphatic rings. The lowest BCUT2D eigenvalue weighted by molar-refractivity contribution is 0.113. The summed E-state index contributed by atoms with van der Waals surface area (Å²) in [6.45, 7) is 4.31. The van der Waals surface area contributed by atoms with Crippen molar-refractivity contribution < 1.29 is 23.8 Å². The maximum Gasteiger partial charge on any atom is 0.330 e. The van der Waals surface area contributed by atoms with Crippen LogP contribution in [-0.2, 0) is 13.6 Å². The smallest absolute Gasteiger partial charge is 0.330 e. The maximum atomic E-state index is 12.2. The molecule has 2 N–H and O–H groups in total. The van der Waals surface area contributed by atoms with E-state index in [9.17, 15) is 4.57 Å². The highest BCUT2D eigenvalue weighted by atomic mass is 32.2. The van der Waals surface area contributed by atoms with Crippen molar-refractivity contribution in [2.45, 2.75) is 45.6 Å². The molecule has 0 saturated carbocycles. The van der Waals surface area contributed by atoms with Crippen LogP contribution in [0.2, 0.25) is 0 Å². The van der Waals surface area contributed by atoms with E-state index < -0.39 is 13.7 Å². The minimum Gasteiger partial charge on any atom is -0.394 e. The van der Waals surface area contributed by atoms with Crippen LogP contribution < -0.4 is 0 Å². The van der Waals surface area contributed by atoms with Gasteiger partial charge in [0.2, 0.25) is 0 Å². The average molecular weight is 328 g/mol. The van der Waals surface area contributed by atoms with Crippen LogP contribution >= 0.6 is 19.4 Å². The second-order valence-corrected chi connectivity index (χ2v) is 7.83. The van der Waals surface area contributed by atoms with Crippen molar-refractivity contribution in [2.24, 2.45) is 0 Å². The third kappa shape index (κ3) is 11.1. The van der Waals surface area contributed by atoms with Gasteiger partial charge in [-0.3, -0.25) is 4.57 Å². The molecule has 1 unspecified atom stereocenters. The molecule has 0 rings (SSSR count). The zero-order valence-electron chi connectivity index (χ0n) is 12.6. The molecule has 0 heterocycles. The van der Waals surface area contributed by atoms with Gasteiger partial charge in [0.05, 0.1) is 32.1 Å². The summed E-state index contributed by atoms with van der Waals surface area (Å²) in [5.74, 6) is 1.56. The van der Waals surface area contributed by atoms with Crippen LogP contribution in [0.15, 0.2) is 0 Å². The highest BCUT2D eigenvalue weighted by Gasteiger charge is 2.22. The Morgan fingerprint density at radius 1 is 1.10 bits per heavy atom. The zero-order chi connectivity index (χ0) is 15.3. The third-order valence-electron chi connectivity index (χ3n) is 2.64. The van der Waals surface area contributed by atoms with Gasteiger partial charge in [-0.25, -0.2) is 0 Å². The molecule has 7 heteroatoms. The molecular formula is C13H29O5PS. The van der Waals surface area contributed by atoms with Gasteiger partial charge >= 0.3 is 7.60 Å². The lowest BCUT2D eigenvalue weighted by atomic mass is 10.2. The first-order valence-electron chi connectivity index (χ1n) is 7.32. The quantitative estimate of drug-likeness (QED) is 0.377. The largest absolute Gasteiger partial charge is 0.394 e. The SMILES string of the molecule is CCOP(=O)(CCCCCCSCC(O)CO)OCC. The molecule has 0 spiro atoms. The van der Waals surface area contributed by atoms with E-state index in [1.807, 2.05) is 13.8 Å². The van der Waals surface area contributed by atoms with Crippen molar-refractivity contribution in [3.8, 4) is 0 Å². The van der Waals surface area contributed by atoms with Crippen molar-refractivity contribution in [1.29, 1.82) is 0 Å². The fourth-order valence-electron chi connectivity index (χ4n) is 1.69. The highest BCUT2D eigenvalue weighted by Crippen LogP contribution is 2.48. The molecule has 0 fully saturated rings. The van der Waals surface area contributed by atoms with Crippen molar-refractivity contribution in [1.82, 2.24) is 0 Å². The molecule has 0 amide bonds. The Bertz CT molecular complexity index is 255. The number of aliphatic hydroxyl groups is 2. The number of thioether (sulfide) groups is 1. The van der Waals surface area contributed by atoms with Crippen LogP contribution in [0, 0.1) is 0 Å². The summed E-state index contributed by atoms with van der Waals surface area (Å²) in [4.78, 5) is 0. The number of aliphatic hydroxyl groups excluding tert-OH is 2. The fraction of sp³-hybridized carbons (Fsp3) is 1.00. The van der Waals surface area contributed by atoms with Crippen LogP contribution in [0.5, 0.6) is 0 Å². The Kier molecular flexibility index (Phi) is 13.4. The van der Waals surface area contributed by atoms with E-state index in [4.69, 9.17) is 19.3 Å². The van der Waals surface area contributed by atoms with E-state index in [0.717, 1.165) is 31.4 Å². The van der Waals surface area contributed by atoms with E-state index in [1.165, 1.54) is 0 Å². The first-order valence-corrected chi connectivity index (χ1v) is 10.2. The Morgan fingerprint density at radius 3 is 2.25 bits per heavy atom. The van der Waals surface area contributed by atoms with E-state index in [1.54, 1.807) is 11.8 Å². The predicted octanol–water partition coefficient (Wildman–Crippen LogP) is 2.90. The Morgan fingerprint density at radius 2 is 1.70 bits per heavy atom. The van der Waals surface area contributed by atoms with Crippen molar-refractivity contribution >= 4 is 19.4 Å². The molecule has 0 aliphatic carbocycles. The highest BCUT2D eigenvalue weighted by molar-refractivity contribution is 7.99. The van der Waals surface area contributed by atoms with Crippen molar-refractivity contribution in [3.05, 3.63) is 0 Å². The molecule has 0 aliphatic heterocycles. The standard InChI is InChI=1S/C13H29O5PS/c1-3-17-19(16,18-4-2)9-7-5-6-8-10-20-12-13(15)11-14/h13-15H,3-12H2,1-2H3. The second kappa shape index (κ2) is 13.1. The number of hydrogen-bond acceptors (Lipinski definition) is 6. The van der Waals surface area contributed by atoms with E-state index in [0.29, 0.717) is 25.1 Å². The average Bonchev–Trinajstić information content (AvgIpc) is 2.42. The summed E-state index contributed by atoms with van der Waals surface area (Å²) >= 11 is 1.65. The third-order valence-corrected chi connectivity index (χ3v) is 6.01. The molecule has 0 saturated heterocycles. The minimum absolute atomic E-state index is 0.170. The Balaban J connectivity index is 3.52. The Labute approximate surface area is 127 Å². The molecular weight excluding hydrogens is 299 g/mol. The van der Waals surface area contributed by atoms with Gasteiger partial charge in [0.25, 0.3) is 0 Å². The molecule has 122 valence electrons. The molecule has 5 nitrogen and oxygen atoms in total.